The number of nitrogens with two attached hydrogens (primary N) is 1. The first-order chi connectivity index (χ1) is 10.0. The van der Waals surface area contributed by atoms with Gasteiger partial charge in [0.1, 0.15) is 11.3 Å². The van der Waals surface area contributed by atoms with Gasteiger partial charge in [0.2, 0.25) is 0 Å². The van der Waals surface area contributed by atoms with Crippen LogP contribution in [0, 0.1) is 13.8 Å². The van der Waals surface area contributed by atoms with Gasteiger partial charge in [0, 0.05) is 27.7 Å². The molecule has 3 aromatic rings. The Labute approximate surface area is 132 Å². The normalized spacial score (nSPS) is 13.0. The molecule has 0 aliphatic rings. The van der Waals surface area contributed by atoms with E-state index in [1.54, 1.807) is 0 Å². The van der Waals surface area contributed by atoms with E-state index in [0.29, 0.717) is 0 Å². The van der Waals surface area contributed by atoms with E-state index in [9.17, 15) is 0 Å². The SMILES string of the molecule is CCn1nc(C)c(C(N)c2cc3cc(Br)ccc3o2)c1C. The fourth-order valence-corrected chi connectivity index (χ4v) is 3.18. The van der Waals surface area contributed by atoms with Gasteiger partial charge >= 0.3 is 0 Å². The molecule has 0 saturated heterocycles. The third-order valence-electron chi connectivity index (χ3n) is 3.85. The van der Waals surface area contributed by atoms with E-state index in [4.69, 9.17) is 10.2 Å². The number of aromatic nitrogens is 2. The third kappa shape index (κ3) is 2.40. The third-order valence-corrected chi connectivity index (χ3v) is 4.35. The van der Waals surface area contributed by atoms with Gasteiger partial charge in [-0.15, -0.1) is 0 Å². The lowest BCUT2D eigenvalue weighted by Gasteiger charge is -2.09. The van der Waals surface area contributed by atoms with E-state index in [1.807, 2.05) is 35.9 Å². The van der Waals surface area contributed by atoms with Crippen molar-refractivity contribution in [1.82, 2.24) is 9.78 Å². The van der Waals surface area contributed by atoms with Crippen molar-refractivity contribution in [3.05, 3.63) is 51.4 Å². The maximum atomic E-state index is 6.43. The zero-order chi connectivity index (χ0) is 15.1. The average Bonchev–Trinajstić information content (AvgIpc) is 2.98. The largest absolute Gasteiger partial charge is 0.459 e. The van der Waals surface area contributed by atoms with E-state index in [-0.39, 0.29) is 6.04 Å². The number of benzene rings is 1. The summed E-state index contributed by atoms with van der Waals surface area (Å²) in [4.78, 5) is 0. The second kappa shape index (κ2) is 5.31. The Balaban J connectivity index is 2.08. The van der Waals surface area contributed by atoms with E-state index >= 15 is 0 Å². The van der Waals surface area contributed by atoms with Crippen molar-refractivity contribution in [2.45, 2.75) is 33.4 Å². The van der Waals surface area contributed by atoms with Gasteiger partial charge < -0.3 is 10.2 Å². The molecule has 2 aromatic heterocycles. The number of hydrogen-bond donors (Lipinski definition) is 1. The lowest BCUT2D eigenvalue weighted by atomic mass is 10.0. The van der Waals surface area contributed by atoms with Crippen LogP contribution in [0.25, 0.3) is 11.0 Å². The first-order valence-electron chi connectivity index (χ1n) is 6.99. The molecule has 2 N–H and O–H groups in total. The Hall–Kier alpha value is -1.59. The van der Waals surface area contributed by atoms with Crippen molar-refractivity contribution in [3.63, 3.8) is 0 Å². The van der Waals surface area contributed by atoms with Crippen LogP contribution in [-0.2, 0) is 6.54 Å². The number of rotatable bonds is 3. The Morgan fingerprint density at radius 1 is 1.33 bits per heavy atom. The first-order valence-corrected chi connectivity index (χ1v) is 7.79. The van der Waals surface area contributed by atoms with Crippen LogP contribution in [0.2, 0.25) is 0 Å². The molecule has 0 fully saturated rings. The van der Waals surface area contributed by atoms with Crippen molar-refractivity contribution in [3.8, 4) is 0 Å². The van der Waals surface area contributed by atoms with Gasteiger partial charge in [0.15, 0.2) is 0 Å². The molecule has 110 valence electrons. The molecule has 0 saturated carbocycles. The maximum Gasteiger partial charge on any atom is 0.134 e. The molecule has 0 amide bonds. The van der Waals surface area contributed by atoms with Gasteiger partial charge in [-0.2, -0.15) is 5.10 Å². The van der Waals surface area contributed by atoms with E-state index in [2.05, 4.69) is 34.9 Å². The second-order valence-electron chi connectivity index (χ2n) is 5.21. The summed E-state index contributed by atoms with van der Waals surface area (Å²) >= 11 is 3.47. The fourth-order valence-electron chi connectivity index (χ4n) is 2.80. The molecule has 5 heteroatoms. The van der Waals surface area contributed by atoms with Crippen LogP contribution in [-0.4, -0.2) is 9.78 Å². The van der Waals surface area contributed by atoms with Crippen molar-refractivity contribution in [2.75, 3.05) is 0 Å². The molecule has 0 spiro atoms. The van der Waals surface area contributed by atoms with E-state index in [1.165, 1.54) is 0 Å². The molecule has 0 aliphatic carbocycles. The molecule has 1 atom stereocenters. The number of fused-ring (bicyclic) bond motifs is 1. The zero-order valence-corrected chi connectivity index (χ0v) is 13.9. The fraction of sp³-hybridized carbons (Fsp3) is 0.312. The molecule has 2 heterocycles. The molecule has 1 aromatic carbocycles. The van der Waals surface area contributed by atoms with Crippen LogP contribution in [0.4, 0.5) is 0 Å². The predicted molar refractivity (Wildman–Crippen MR) is 87.3 cm³/mol. The summed E-state index contributed by atoms with van der Waals surface area (Å²) in [7, 11) is 0. The highest BCUT2D eigenvalue weighted by molar-refractivity contribution is 9.10. The van der Waals surface area contributed by atoms with Crippen LogP contribution >= 0.6 is 15.9 Å². The number of nitrogens with zero attached hydrogens (tertiary/aromatic N) is 2. The standard InChI is InChI=1S/C16H18BrN3O/c1-4-20-10(3)15(9(2)19-20)16(18)14-8-11-7-12(17)5-6-13(11)21-14/h5-8,16H,4,18H2,1-3H3. The Kier molecular flexibility index (Phi) is 3.63. The van der Waals surface area contributed by atoms with E-state index < -0.39 is 0 Å². The minimum Gasteiger partial charge on any atom is -0.459 e. The number of hydrogen-bond acceptors (Lipinski definition) is 3. The monoisotopic (exact) mass is 347 g/mol. The van der Waals surface area contributed by atoms with Gasteiger partial charge in [-0.3, -0.25) is 4.68 Å². The first kappa shape index (κ1) is 14.4. The molecule has 3 rings (SSSR count). The van der Waals surface area contributed by atoms with Gasteiger partial charge in [-0.05, 0) is 45.0 Å². The van der Waals surface area contributed by atoms with Gasteiger partial charge in [0.25, 0.3) is 0 Å². The number of furan rings is 1. The number of aryl methyl sites for hydroxylation is 2. The summed E-state index contributed by atoms with van der Waals surface area (Å²) in [6, 6.07) is 7.66. The Morgan fingerprint density at radius 2 is 2.10 bits per heavy atom. The lowest BCUT2D eigenvalue weighted by molar-refractivity contribution is 0.523. The molecule has 21 heavy (non-hydrogen) atoms. The lowest BCUT2D eigenvalue weighted by Crippen LogP contribution is -2.13. The van der Waals surface area contributed by atoms with Crippen LogP contribution in [0.15, 0.2) is 33.2 Å². The molecule has 1 unspecified atom stereocenters. The van der Waals surface area contributed by atoms with Crippen LogP contribution in [0.5, 0.6) is 0 Å². The van der Waals surface area contributed by atoms with Crippen molar-refractivity contribution >= 4 is 26.9 Å². The summed E-state index contributed by atoms with van der Waals surface area (Å²) in [5.74, 6) is 0.768. The highest BCUT2D eigenvalue weighted by Gasteiger charge is 2.22. The average molecular weight is 348 g/mol. The van der Waals surface area contributed by atoms with Gasteiger partial charge in [-0.1, -0.05) is 15.9 Å². The summed E-state index contributed by atoms with van der Waals surface area (Å²) < 4.78 is 8.91. The highest BCUT2D eigenvalue weighted by Crippen LogP contribution is 2.31. The molecule has 0 bridgehead atoms. The molecular weight excluding hydrogens is 330 g/mol. The summed E-state index contributed by atoms with van der Waals surface area (Å²) in [5.41, 5.74) is 10.4. The van der Waals surface area contributed by atoms with Crippen molar-refractivity contribution in [1.29, 1.82) is 0 Å². The summed E-state index contributed by atoms with van der Waals surface area (Å²) in [5, 5.41) is 5.58. The highest BCUT2D eigenvalue weighted by atomic mass is 79.9. The Bertz CT molecular complexity index is 803. The van der Waals surface area contributed by atoms with Gasteiger partial charge in [-0.25, -0.2) is 0 Å². The molecule has 0 aliphatic heterocycles. The minimum absolute atomic E-state index is 0.295. The Morgan fingerprint density at radius 3 is 2.76 bits per heavy atom. The second-order valence-corrected chi connectivity index (χ2v) is 6.12. The summed E-state index contributed by atoms with van der Waals surface area (Å²) in [6.07, 6.45) is 0. The smallest absolute Gasteiger partial charge is 0.134 e. The molecular formula is C16H18BrN3O. The minimum atomic E-state index is -0.295. The maximum absolute atomic E-state index is 6.43. The topological polar surface area (TPSA) is 57.0 Å². The van der Waals surface area contributed by atoms with Crippen molar-refractivity contribution < 1.29 is 4.42 Å². The van der Waals surface area contributed by atoms with Crippen LogP contribution in [0.3, 0.4) is 0 Å². The van der Waals surface area contributed by atoms with Gasteiger partial charge in [0.05, 0.1) is 11.7 Å². The predicted octanol–water partition coefficient (Wildman–Crippen LogP) is 4.08. The summed E-state index contributed by atoms with van der Waals surface area (Å²) in [6.45, 7) is 6.96. The quantitative estimate of drug-likeness (QED) is 0.776. The van der Waals surface area contributed by atoms with E-state index in [0.717, 1.165) is 44.7 Å². The van der Waals surface area contributed by atoms with Crippen LogP contribution < -0.4 is 5.73 Å². The number of halogens is 1. The zero-order valence-electron chi connectivity index (χ0n) is 12.4. The molecule has 0 radical (unpaired) electrons. The van der Waals surface area contributed by atoms with Crippen molar-refractivity contribution in [2.24, 2.45) is 5.73 Å². The van der Waals surface area contributed by atoms with Crippen LogP contribution in [0.1, 0.15) is 35.7 Å². The molecule has 4 nitrogen and oxygen atoms in total.